The second-order valence-electron chi connectivity index (χ2n) is 3.73. The van der Waals surface area contributed by atoms with Crippen LogP contribution in [-0.4, -0.2) is 23.9 Å². The average molecular weight is 251 g/mol. The lowest BCUT2D eigenvalue weighted by Gasteiger charge is -2.08. The number of benzene rings is 1. The third kappa shape index (κ3) is 3.41. The van der Waals surface area contributed by atoms with Gasteiger partial charge in [0.1, 0.15) is 17.1 Å². The predicted molar refractivity (Wildman–Crippen MR) is 65.2 cm³/mol. The zero-order valence-electron chi connectivity index (χ0n) is 10.2. The summed E-state index contributed by atoms with van der Waals surface area (Å²) in [7, 11) is 1.18. The van der Waals surface area contributed by atoms with Crippen LogP contribution in [0, 0.1) is 11.2 Å². The number of rotatable bonds is 4. The normalized spacial score (nSPS) is 11.7. The van der Waals surface area contributed by atoms with Crippen LogP contribution in [0.4, 0.5) is 4.39 Å². The Morgan fingerprint density at radius 3 is 2.39 bits per heavy atom. The van der Waals surface area contributed by atoms with Crippen molar-refractivity contribution in [3.8, 4) is 0 Å². The number of methoxy groups -OCH3 is 1. The Bertz CT molecular complexity index is 487. The lowest BCUT2D eigenvalue weighted by atomic mass is 10.0. The zero-order chi connectivity index (χ0) is 13.7. The molecule has 0 saturated heterocycles. The first kappa shape index (κ1) is 13.9. The average Bonchev–Trinajstić information content (AvgIpc) is 2.31. The molecule has 0 heterocycles. The van der Waals surface area contributed by atoms with Gasteiger partial charge in [-0.15, -0.1) is 0 Å². The quantitative estimate of drug-likeness (QED) is 0.373. The van der Waals surface area contributed by atoms with E-state index in [1.165, 1.54) is 38.3 Å². The smallest absolute Gasteiger partial charge is 0.343 e. The topological polar surface area (TPSA) is 70.4 Å². The molecule has 0 fully saturated rings. The first-order valence-electron chi connectivity index (χ1n) is 5.26. The van der Waals surface area contributed by atoms with Crippen LogP contribution in [0.5, 0.6) is 0 Å². The van der Waals surface area contributed by atoms with E-state index in [4.69, 9.17) is 5.41 Å². The third-order valence-corrected chi connectivity index (χ3v) is 2.35. The van der Waals surface area contributed by atoms with Gasteiger partial charge in [0.25, 0.3) is 0 Å². The van der Waals surface area contributed by atoms with Crippen LogP contribution in [-0.2, 0) is 16.0 Å². The van der Waals surface area contributed by atoms with Crippen molar-refractivity contribution < 1.29 is 19.0 Å². The van der Waals surface area contributed by atoms with Crippen molar-refractivity contribution in [2.24, 2.45) is 0 Å². The molecule has 1 rings (SSSR count). The van der Waals surface area contributed by atoms with Crippen LogP contribution in [0.3, 0.4) is 0 Å². The number of carbonyl (C=O) groups is 1. The van der Waals surface area contributed by atoms with Gasteiger partial charge < -0.3 is 15.3 Å². The van der Waals surface area contributed by atoms with Gasteiger partial charge >= 0.3 is 5.97 Å². The molecular weight excluding hydrogens is 237 g/mol. The molecule has 5 heteroatoms. The zero-order valence-corrected chi connectivity index (χ0v) is 10.2. The van der Waals surface area contributed by atoms with Crippen molar-refractivity contribution in [3.05, 3.63) is 47.0 Å². The summed E-state index contributed by atoms with van der Waals surface area (Å²) in [4.78, 5) is 11.4. The number of ether oxygens (including phenoxy) is 1. The minimum Gasteiger partial charge on any atom is -0.512 e. The maximum atomic E-state index is 12.7. The van der Waals surface area contributed by atoms with Gasteiger partial charge in [-0.05, 0) is 24.6 Å². The summed E-state index contributed by atoms with van der Waals surface area (Å²) in [5.41, 5.74) is 0.430. The number of nitrogens with one attached hydrogen (secondary N) is 1. The Morgan fingerprint density at radius 1 is 1.39 bits per heavy atom. The predicted octanol–water partition coefficient (Wildman–Crippen LogP) is 2.39. The molecule has 0 saturated carbocycles. The van der Waals surface area contributed by atoms with Crippen LogP contribution < -0.4 is 0 Å². The van der Waals surface area contributed by atoms with E-state index >= 15 is 0 Å². The molecule has 0 unspecified atom stereocenters. The summed E-state index contributed by atoms with van der Waals surface area (Å²) >= 11 is 0. The van der Waals surface area contributed by atoms with Crippen LogP contribution in [0.15, 0.2) is 35.6 Å². The Labute approximate surface area is 104 Å². The van der Waals surface area contributed by atoms with Gasteiger partial charge in [0.15, 0.2) is 0 Å². The number of hydrogen-bond donors (Lipinski definition) is 2. The molecule has 0 amide bonds. The van der Waals surface area contributed by atoms with Gasteiger partial charge in [-0.3, -0.25) is 0 Å². The molecule has 96 valence electrons. The van der Waals surface area contributed by atoms with E-state index in [1.54, 1.807) is 0 Å². The molecule has 2 N–H and O–H groups in total. The van der Waals surface area contributed by atoms with Crippen LogP contribution in [0.2, 0.25) is 0 Å². The highest BCUT2D eigenvalue weighted by Crippen LogP contribution is 2.11. The SMILES string of the molecule is COC(=O)C(C(=N)Cc1ccc(F)cc1)=C(C)O. The van der Waals surface area contributed by atoms with Crippen molar-refractivity contribution in [1.29, 1.82) is 5.41 Å². The second kappa shape index (κ2) is 5.95. The van der Waals surface area contributed by atoms with Gasteiger partial charge in [0, 0.05) is 6.42 Å². The van der Waals surface area contributed by atoms with Crippen LogP contribution >= 0.6 is 0 Å². The van der Waals surface area contributed by atoms with Gasteiger partial charge in [-0.2, -0.15) is 0 Å². The monoisotopic (exact) mass is 251 g/mol. The number of esters is 1. The molecule has 0 aliphatic heterocycles. The van der Waals surface area contributed by atoms with E-state index < -0.39 is 5.97 Å². The summed E-state index contributed by atoms with van der Waals surface area (Å²) in [6.45, 7) is 1.31. The molecular formula is C13H14FNO3. The fraction of sp³-hybridized carbons (Fsp3) is 0.231. The molecule has 18 heavy (non-hydrogen) atoms. The molecule has 1 aromatic rings. The lowest BCUT2D eigenvalue weighted by Crippen LogP contribution is -2.17. The van der Waals surface area contributed by atoms with Gasteiger partial charge in [0.2, 0.25) is 0 Å². The number of hydrogen-bond acceptors (Lipinski definition) is 4. The molecule has 0 bridgehead atoms. The molecule has 0 aromatic heterocycles. The molecule has 0 spiro atoms. The number of aliphatic hydroxyl groups is 1. The van der Waals surface area contributed by atoms with Gasteiger partial charge in [0.05, 0.1) is 12.8 Å². The highest BCUT2D eigenvalue weighted by Gasteiger charge is 2.19. The maximum absolute atomic E-state index is 12.7. The Balaban J connectivity index is 2.90. The highest BCUT2D eigenvalue weighted by molar-refractivity contribution is 6.19. The van der Waals surface area contributed by atoms with Crippen molar-refractivity contribution >= 4 is 11.7 Å². The van der Waals surface area contributed by atoms with Crippen LogP contribution in [0.25, 0.3) is 0 Å². The van der Waals surface area contributed by atoms with E-state index in [1.807, 2.05) is 0 Å². The van der Waals surface area contributed by atoms with Gasteiger partial charge in [-0.1, -0.05) is 12.1 Å². The summed E-state index contributed by atoms with van der Waals surface area (Å²) in [5.74, 6) is -1.40. The minimum atomic E-state index is -0.762. The number of carbonyl (C=O) groups excluding carboxylic acids is 1. The molecule has 0 atom stereocenters. The van der Waals surface area contributed by atoms with Crippen LogP contribution in [0.1, 0.15) is 12.5 Å². The highest BCUT2D eigenvalue weighted by atomic mass is 19.1. The Kier molecular flexibility index (Phi) is 4.59. The van der Waals surface area contributed by atoms with E-state index in [0.29, 0.717) is 5.56 Å². The number of aliphatic hydroxyl groups excluding tert-OH is 1. The Morgan fingerprint density at radius 2 is 1.94 bits per heavy atom. The lowest BCUT2D eigenvalue weighted by molar-refractivity contribution is -0.135. The molecule has 4 nitrogen and oxygen atoms in total. The molecule has 0 aliphatic rings. The summed E-state index contributed by atoms with van der Waals surface area (Å²) in [6.07, 6.45) is 0.114. The second-order valence-corrected chi connectivity index (χ2v) is 3.73. The molecule has 0 radical (unpaired) electrons. The van der Waals surface area contributed by atoms with Crippen molar-refractivity contribution in [3.63, 3.8) is 0 Å². The minimum absolute atomic E-state index is 0.0755. The van der Waals surface area contributed by atoms with E-state index in [0.717, 1.165) is 0 Å². The summed E-state index contributed by atoms with van der Waals surface area (Å²) in [6, 6.07) is 5.59. The van der Waals surface area contributed by atoms with Crippen molar-refractivity contribution in [2.45, 2.75) is 13.3 Å². The number of allylic oxidation sites excluding steroid dienone is 1. The summed E-state index contributed by atoms with van der Waals surface area (Å²) in [5, 5.41) is 17.2. The standard InChI is InChI=1S/C13H14FNO3/c1-8(16)12(13(17)18-2)11(15)7-9-3-5-10(14)6-4-9/h3-6,15-16H,7H2,1-2H3. The number of halogens is 1. The first-order valence-corrected chi connectivity index (χ1v) is 5.26. The Hall–Kier alpha value is -2.17. The van der Waals surface area contributed by atoms with E-state index in [2.05, 4.69) is 4.74 Å². The van der Waals surface area contributed by atoms with E-state index in [-0.39, 0.29) is 29.3 Å². The largest absolute Gasteiger partial charge is 0.512 e. The van der Waals surface area contributed by atoms with Gasteiger partial charge in [-0.25, -0.2) is 9.18 Å². The third-order valence-electron chi connectivity index (χ3n) is 2.35. The van der Waals surface area contributed by atoms with Crippen molar-refractivity contribution in [2.75, 3.05) is 7.11 Å². The maximum Gasteiger partial charge on any atom is 0.343 e. The summed E-state index contributed by atoms with van der Waals surface area (Å²) < 4.78 is 17.2. The molecule has 1 aromatic carbocycles. The van der Waals surface area contributed by atoms with E-state index in [9.17, 15) is 14.3 Å². The van der Waals surface area contributed by atoms with Crippen molar-refractivity contribution in [1.82, 2.24) is 0 Å². The fourth-order valence-corrected chi connectivity index (χ4v) is 1.49. The first-order chi connectivity index (χ1) is 8.45. The molecule has 0 aliphatic carbocycles. The fourth-order valence-electron chi connectivity index (χ4n) is 1.49.